The zero-order valence-electron chi connectivity index (χ0n) is 13.8. The zero-order chi connectivity index (χ0) is 19.3. The maximum atomic E-state index is 12.6. The number of rotatable bonds is 5. The van der Waals surface area contributed by atoms with E-state index in [1.165, 1.54) is 18.3 Å². The third kappa shape index (κ3) is 3.00. The Labute approximate surface area is 164 Å². The van der Waals surface area contributed by atoms with E-state index in [2.05, 4.69) is 5.10 Å². The monoisotopic (exact) mass is 408 g/mol. The fourth-order valence-electron chi connectivity index (χ4n) is 4.05. The third-order valence-electron chi connectivity index (χ3n) is 5.13. The van der Waals surface area contributed by atoms with Crippen LogP contribution in [0.1, 0.15) is 12.0 Å². The number of hydrogen-bond donors (Lipinski definition) is 1. The van der Waals surface area contributed by atoms with Gasteiger partial charge < -0.3 is 9.84 Å². The Morgan fingerprint density at radius 2 is 1.74 bits per heavy atom. The van der Waals surface area contributed by atoms with Crippen molar-refractivity contribution < 1.29 is 24.2 Å². The van der Waals surface area contributed by atoms with E-state index in [0.717, 1.165) is 11.4 Å². The van der Waals surface area contributed by atoms with Crippen molar-refractivity contribution in [3.63, 3.8) is 0 Å². The first-order valence-corrected chi connectivity index (χ1v) is 9.06. The molecule has 140 valence electrons. The van der Waals surface area contributed by atoms with Gasteiger partial charge in [0.15, 0.2) is 12.4 Å². The van der Waals surface area contributed by atoms with E-state index in [4.69, 9.17) is 33.0 Å². The molecule has 2 aliphatic carbocycles. The van der Waals surface area contributed by atoms with Gasteiger partial charge in [-0.05, 0) is 36.0 Å². The van der Waals surface area contributed by atoms with Crippen LogP contribution in [-0.2, 0) is 14.4 Å². The Balaban J connectivity index is 1.53. The number of allylic oxidation sites excluding steroid dienone is 2. The SMILES string of the molecule is O=C(O)COc1c(Cl)cc(C=NN2C(=O)C3C4C=CC(C4)C3C2=O)cc1Cl. The summed E-state index contributed by atoms with van der Waals surface area (Å²) in [5, 5.41) is 13.8. The van der Waals surface area contributed by atoms with E-state index in [-0.39, 0.29) is 51.3 Å². The van der Waals surface area contributed by atoms with Crippen molar-refractivity contribution in [3.05, 3.63) is 39.9 Å². The molecule has 2 bridgehead atoms. The fraction of sp³-hybridized carbons (Fsp3) is 0.333. The van der Waals surface area contributed by atoms with Crippen LogP contribution < -0.4 is 4.74 Å². The van der Waals surface area contributed by atoms with Crippen LogP contribution in [0.25, 0.3) is 0 Å². The molecule has 1 aromatic carbocycles. The smallest absolute Gasteiger partial charge is 0.341 e. The Bertz CT molecular complexity index is 860. The molecule has 1 N–H and O–H groups in total. The summed E-state index contributed by atoms with van der Waals surface area (Å²) < 4.78 is 5.04. The number of carbonyl (C=O) groups excluding carboxylic acids is 2. The highest BCUT2D eigenvalue weighted by Crippen LogP contribution is 2.52. The van der Waals surface area contributed by atoms with E-state index >= 15 is 0 Å². The molecule has 1 saturated carbocycles. The molecule has 4 rings (SSSR count). The molecule has 1 heterocycles. The second kappa shape index (κ2) is 6.65. The van der Waals surface area contributed by atoms with Gasteiger partial charge in [0, 0.05) is 0 Å². The minimum atomic E-state index is -1.16. The zero-order valence-corrected chi connectivity index (χ0v) is 15.4. The first-order chi connectivity index (χ1) is 12.9. The standard InChI is InChI=1S/C18H14Cl2N2O5/c19-11-3-8(4-12(20)16(11)27-7-13(23)24)6-21-22-17(25)14-9-1-2-10(5-9)15(14)18(22)26/h1-4,6,9-10,14-15H,5,7H2,(H,23,24). The average Bonchev–Trinajstić information content (AvgIpc) is 3.27. The van der Waals surface area contributed by atoms with E-state index in [1.807, 2.05) is 12.2 Å². The lowest BCUT2D eigenvalue weighted by molar-refractivity contribution is -0.141. The van der Waals surface area contributed by atoms with E-state index in [9.17, 15) is 14.4 Å². The number of aliphatic carboxylic acids is 1. The van der Waals surface area contributed by atoms with E-state index < -0.39 is 12.6 Å². The van der Waals surface area contributed by atoms with Crippen molar-refractivity contribution in [1.82, 2.24) is 5.01 Å². The van der Waals surface area contributed by atoms with Gasteiger partial charge in [-0.3, -0.25) is 9.59 Å². The molecule has 2 amide bonds. The van der Waals surface area contributed by atoms with Crippen LogP contribution in [0.2, 0.25) is 10.0 Å². The molecule has 0 spiro atoms. The average molecular weight is 409 g/mol. The fourth-order valence-corrected chi connectivity index (χ4v) is 4.66. The number of benzene rings is 1. The van der Waals surface area contributed by atoms with Gasteiger partial charge in [-0.25, -0.2) is 4.79 Å². The third-order valence-corrected chi connectivity index (χ3v) is 5.69. The van der Waals surface area contributed by atoms with Gasteiger partial charge in [0.25, 0.3) is 11.8 Å². The number of imide groups is 1. The van der Waals surface area contributed by atoms with Crippen molar-refractivity contribution in [3.8, 4) is 5.75 Å². The van der Waals surface area contributed by atoms with Crippen molar-refractivity contribution >= 4 is 47.2 Å². The van der Waals surface area contributed by atoms with Crippen LogP contribution >= 0.6 is 23.2 Å². The number of nitrogens with zero attached hydrogens (tertiary/aromatic N) is 2. The Morgan fingerprint density at radius 3 is 2.26 bits per heavy atom. The quantitative estimate of drug-likeness (QED) is 0.458. The van der Waals surface area contributed by atoms with Gasteiger partial charge in [-0.15, -0.1) is 0 Å². The van der Waals surface area contributed by atoms with E-state index in [1.54, 1.807) is 0 Å². The van der Waals surface area contributed by atoms with Gasteiger partial charge in [0.05, 0.1) is 28.1 Å². The molecule has 9 heteroatoms. The second-order valence-electron chi connectivity index (χ2n) is 6.73. The molecule has 1 aromatic rings. The predicted molar refractivity (Wildman–Crippen MR) is 96.8 cm³/mol. The molecular weight excluding hydrogens is 395 g/mol. The summed E-state index contributed by atoms with van der Waals surface area (Å²) in [6.07, 6.45) is 6.21. The summed E-state index contributed by atoms with van der Waals surface area (Å²) in [6.45, 7) is -0.581. The normalized spacial score (nSPS) is 28.4. The molecule has 4 atom stereocenters. The van der Waals surface area contributed by atoms with Crippen LogP contribution in [0.3, 0.4) is 0 Å². The maximum Gasteiger partial charge on any atom is 0.341 e. The molecular formula is C18H14Cl2N2O5. The summed E-state index contributed by atoms with van der Waals surface area (Å²) in [7, 11) is 0. The predicted octanol–water partition coefficient (Wildman–Crippen LogP) is 2.60. The first-order valence-electron chi connectivity index (χ1n) is 8.30. The van der Waals surface area contributed by atoms with Crippen LogP contribution in [0.15, 0.2) is 29.4 Å². The summed E-state index contributed by atoms with van der Waals surface area (Å²) >= 11 is 12.2. The largest absolute Gasteiger partial charge is 0.479 e. The molecule has 0 aromatic heterocycles. The molecule has 3 aliphatic rings. The maximum absolute atomic E-state index is 12.6. The highest BCUT2D eigenvalue weighted by atomic mass is 35.5. The van der Waals surface area contributed by atoms with Crippen molar-refractivity contribution in [2.24, 2.45) is 28.8 Å². The first kappa shape index (κ1) is 18.0. The lowest BCUT2D eigenvalue weighted by atomic mass is 9.85. The molecule has 7 nitrogen and oxygen atoms in total. The van der Waals surface area contributed by atoms with E-state index in [0.29, 0.717) is 5.56 Å². The second-order valence-corrected chi connectivity index (χ2v) is 7.54. The van der Waals surface area contributed by atoms with Gasteiger partial charge >= 0.3 is 5.97 Å². The van der Waals surface area contributed by atoms with Crippen molar-refractivity contribution in [1.29, 1.82) is 0 Å². The summed E-state index contributed by atoms with van der Waals surface area (Å²) in [4.78, 5) is 35.8. The van der Waals surface area contributed by atoms with Crippen molar-refractivity contribution in [2.45, 2.75) is 6.42 Å². The van der Waals surface area contributed by atoms with Crippen molar-refractivity contribution in [2.75, 3.05) is 6.61 Å². The summed E-state index contributed by atoms with van der Waals surface area (Å²) in [5.74, 6) is -2.07. The van der Waals surface area contributed by atoms with Gasteiger partial charge in [-0.1, -0.05) is 35.4 Å². The molecule has 1 aliphatic heterocycles. The molecule has 2 fully saturated rings. The minimum Gasteiger partial charge on any atom is -0.479 e. The molecule has 1 saturated heterocycles. The minimum absolute atomic E-state index is 0.0448. The van der Waals surface area contributed by atoms with Crippen LogP contribution in [-0.4, -0.2) is 40.7 Å². The number of amides is 2. The van der Waals surface area contributed by atoms with Gasteiger partial charge in [0.2, 0.25) is 0 Å². The highest BCUT2D eigenvalue weighted by molar-refractivity contribution is 6.37. The number of carboxylic acid groups (broad SMARTS) is 1. The molecule has 0 radical (unpaired) electrons. The lowest BCUT2D eigenvalue weighted by Gasteiger charge is -2.13. The molecule has 27 heavy (non-hydrogen) atoms. The lowest BCUT2D eigenvalue weighted by Crippen LogP contribution is -2.28. The number of halogens is 2. The number of hydrogen-bond acceptors (Lipinski definition) is 5. The Kier molecular flexibility index (Phi) is 4.44. The van der Waals surface area contributed by atoms with Gasteiger partial charge in [-0.2, -0.15) is 10.1 Å². The topological polar surface area (TPSA) is 96.3 Å². The van der Waals surface area contributed by atoms with Gasteiger partial charge in [0.1, 0.15) is 0 Å². The van der Waals surface area contributed by atoms with Crippen LogP contribution in [0.5, 0.6) is 5.75 Å². The number of carboxylic acids is 1. The number of fused-ring (bicyclic) bond motifs is 5. The summed E-state index contributed by atoms with van der Waals surface area (Å²) in [6, 6.07) is 2.93. The Hall–Kier alpha value is -2.38. The number of ether oxygens (including phenoxy) is 1. The molecule has 4 unspecified atom stereocenters. The Morgan fingerprint density at radius 1 is 1.19 bits per heavy atom. The number of carbonyl (C=O) groups is 3. The summed E-state index contributed by atoms with van der Waals surface area (Å²) in [5.41, 5.74) is 0.450. The van der Waals surface area contributed by atoms with Crippen LogP contribution in [0, 0.1) is 23.7 Å². The number of hydrazone groups is 1. The van der Waals surface area contributed by atoms with Crippen LogP contribution in [0.4, 0.5) is 0 Å². The highest BCUT2D eigenvalue weighted by Gasteiger charge is 2.59.